The standard InChI is InChI=1S/C21H29N3O/c1-25-20-9-4-10-21(20)11-5-13-23(17-21)15-18-7-2-3-8-19(18)16-24-14-6-12-22-24/h2-3,6-8,12,14,20H,4-5,9-11,13,15-17H2,1H3/t20-,21-/m1/s1. The molecule has 1 saturated carbocycles. The molecule has 2 fully saturated rings. The van der Waals surface area contributed by atoms with Gasteiger partial charge in [-0.15, -0.1) is 0 Å². The normalized spacial score (nSPS) is 27.2. The summed E-state index contributed by atoms with van der Waals surface area (Å²) in [5, 5.41) is 4.36. The second-order valence-electron chi connectivity index (χ2n) is 7.77. The molecule has 0 unspecified atom stereocenters. The summed E-state index contributed by atoms with van der Waals surface area (Å²) < 4.78 is 7.87. The second kappa shape index (κ2) is 7.30. The van der Waals surface area contributed by atoms with E-state index in [0.29, 0.717) is 11.5 Å². The number of nitrogens with zero attached hydrogens (tertiary/aromatic N) is 3. The summed E-state index contributed by atoms with van der Waals surface area (Å²) in [5.74, 6) is 0. The molecule has 2 atom stereocenters. The van der Waals surface area contributed by atoms with E-state index in [2.05, 4.69) is 34.3 Å². The van der Waals surface area contributed by atoms with Crippen molar-refractivity contribution in [3.63, 3.8) is 0 Å². The predicted octanol–water partition coefficient (Wildman–Crippen LogP) is 3.71. The Morgan fingerprint density at radius 1 is 1.12 bits per heavy atom. The van der Waals surface area contributed by atoms with E-state index in [-0.39, 0.29) is 0 Å². The Morgan fingerprint density at radius 2 is 1.92 bits per heavy atom. The van der Waals surface area contributed by atoms with Gasteiger partial charge in [-0.2, -0.15) is 5.10 Å². The lowest BCUT2D eigenvalue weighted by molar-refractivity contribution is -0.0366. The molecule has 2 heterocycles. The summed E-state index contributed by atoms with van der Waals surface area (Å²) in [6.07, 6.45) is 10.9. The van der Waals surface area contributed by atoms with Gasteiger partial charge in [0.1, 0.15) is 0 Å². The van der Waals surface area contributed by atoms with E-state index in [1.807, 2.05) is 30.3 Å². The summed E-state index contributed by atoms with van der Waals surface area (Å²) in [7, 11) is 1.90. The maximum Gasteiger partial charge on any atom is 0.0662 e. The molecule has 4 rings (SSSR count). The molecular formula is C21H29N3O. The number of hydrogen-bond donors (Lipinski definition) is 0. The molecule has 1 aliphatic heterocycles. The SMILES string of the molecule is CO[C@@H]1CCC[C@]12CCCN(Cc1ccccc1Cn1cccn1)C2. The maximum atomic E-state index is 5.86. The van der Waals surface area contributed by atoms with E-state index in [1.165, 1.54) is 56.3 Å². The highest BCUT2D eigenvalue weighted by Crippen LogP contribution is 2.46. The zero-order valence-electron chi connectivity index (χ0n) is 15.2. The Hall–Kier alpha value is -1.65. The first kappa shape index (κ1) is 16.8. The summed E-state index contributed by atoms with van der Waals surface area (Å²) in [5.41, 5.74) is 3.20. The van der Waals surface area contributed by atoms with Crippen molar-refractivity contribution in [2.24, 2.45) is 5.41 Å². The Kier molecular flexibility index (Phi) is 4.91. The summed E-state index contributed by atoms with van der Waals surface area (Å²) >= 11 is 0. The lowest BCUT2D eigenvalue weighted by atomic mass is 9.76. The third-order valence-electron chi connectivity index (χ3n) is 6.20. The topological polar surface area (TPSA) is 30.3 Å². The number of hydrogen-bond acceptors (Lipinski definition) is 3. The highest BCUT2D eigenvalue weighted by molar-refractivity contribution is 5.27. The molecule has 1 aromatic heterocycles. The minimum Gasteiger partial charge on any atom is -0.381 e. The average molecular weight is 339 g/mol. The molecule has 1 aliphatic carbocycles. The van der Waals surface area contributed by atoms with Crippen LogP contribution in [0.2, 0.25) is 0 Å². The van der Waals surface area contributed by atoms with Crippen molar-refractivity contribution >= 4 is 0 Å². The van der Waals surface area contributed by atoms with Crippen LogP contribution >= 0.6 is 0 Å². The third-order valence-corrected chi connectivity index (χ3v) is 6.20. The number of benzene rings is 1. The molecule has 4 heteroatoms. The minimum absolute atomic E-state index is 0.393. The molecule has 0 N–H and O–H groups in total. The van der Waals surface area contributed by atoms with E-state index in [1.54, 1.807) is 0 Å². The third kappa shape index (κ3) is 3.51. The quantitative estimate of drug-likeness (QED) is 0.832. The first-order chi connectivity index (χ1) is 12.3. The van der Waals surface area contributed by atoms with Gasteiger partial charge in [0.2, 0.25) is 0 Å². The van der Waals surface area contributed by atoms with Crippen molar-refractivity contribution in [1.29, 1.82) is 0 Å². The maximum absolute atomic E-state index is 5.86. The van der Waals surface area contributed by atoms with Gasteiger partial charge in [-0.3, -0.25) is 9.58 Å². The zero-order chi connectivity index (χ0) is 17.1. The number of methoxy groups -OCH3 is 1. The molecular weight excluding hydrogens is 310 g/mol. The van der Waals surface area contributed by atoms with Crippen LogP contribution < -0.4 is 0 Å². The van der Waals surface area contributed by atoms with E-state index in [4.69, 9.17) is 4.74 Å². The lowest BCUT2D eigenvalue weighted by Crippen LogP contribution is -2.47. The van der Waals surface area contributed by atoms with Crippen molar-refractivity contribution in [2.75, 3.05) is 20.2 Å². The van der Waals surface area contributed by atoms with Crippen LogP contribution in [0.15, 0.2) is 42.7 Å². The summed E-state index contributed by atoms with van der Waals surface area (Å²) in [4.78, 5) is 2.66. The van der Waals surface area contributed by atoms with Crippen LogP contribution in [0.1, 0.15) is 43.2 Å². The molecule has 1 saturated heterocycles. The largest absolute Gasteiger partial charge is 0.381 e. The van der Waals surface area contributed by atoms with Gasteiger partial charge in [0.05, 0.1) is 12.6 Å². The Bertz CT molecular complexity index is 684. The molecule has 1 aromatic carbocycles. The molecule has 0 amide bonds. The summed E-state index contributed by atoms with van der Waals surface area (Å²) in [6.45, 7) is 4.27. The smallest absolute Gasteiger partial charge is 0.0662 e. The van der Waals surface area contributed by atoms with Crippen molar-refractivity contribution in [2.45, 2.75) is 51.3 Å². The lowest BCUT2D eigenvalue weighted by Gasteiger charge is -2.44. The highest BCUT2D eigenvalue weighted by Gasteiger charge is 2.45. The van der Waals surface area contributed by atoms with Crippen LogP contribution in [-0.4, -0.2) is 41.0 Å². The molecule has 0 bridgehead atoms. The first-order valence-corrected chi connectivity index (χ1v) is 9.58. The van der Waals surface area contributed by atoms with Gasteiger partial charge in [0.15, 0.2) is 0 Å². The zero-order valence-corrected chi connectivity index (χ0v) is 15.2. The first-order valence-electron chi connectivity index (χ1n) is 9.58. The number of ether oxygens (including phenoxy) is 1. The van der Waals surface area contributed by atoms with Gasteiger partial charge in [0.25, 0.3) is 0 Å². The Morgan fingerprint density at radius 3 is 2.68 bits per heavy atom. The van der Waals surface area contributed by atoms with Crippen molar-refractivity contribution in [3.05, 3.63) is 53.9 Å². The van der Waals surface area contributed by atoms with Crippen LogP contribution in [0.4, 0.5) is 0 Å². The molecule has 1 spiro atoms. The number of piperidine rings is 1. The van der Waals surface area contributed by atoms with Crippen molar-refractivity contribution in [3.8, 4) is 0 Å². The molecule has 25 heavy (non-hydrogen) atoms. The predicted molar refractivity (Wildman–Crippen MR) is 99.4 cm³/mol. The fourth-order valence-corrected chi connectivity index (χ4v) is 5.01. The summed E-state index contributed by atoms with van der Waals surface area (Å²) in [6, 6.07) is 10.8. The van der Waals surface area contributed by atoms with Crippen LogP contribution in [0, 0.1) is 5.41 Å². The van der Waals surface area contributed by atoms with Gasteiger partial charge in [-0.1, -0.05) is 30.7 Å². The van der Waals surface area contributed by atoms with Gasteiger partial charge >= 0.3 is 0 Å². The fraction of sp³-hybridized carbons (Fsp3) is 0.571. The van der Waals surface area contributed by atoms with E-state index in [9.17, 15) is 0 Å². The van der Waals surface area contributed by atoms with E-state index in [0.717, 1.165) is 13.1 Å². The number of aromatic nitrogens is 2. The minimum atomic E-state index is 0.393. The van der Waals surface area contributed by atoms with E-state index >= 15 is 0 Å². The van der Waals surface area contributed by atoms with Crippen LogP contribution in [0.25, 0.3) is 0 Å². The van der Waals surface area contributed by atoms with Gasteiger partial charge < -0.3 is 4.74 Å². The van der Waals surface area contributed by atoms with Gasteiger partial charge in [-0.25, -0.2) is 0 Å². The average Bonchev–Trinajstić information content (AvgIpc) is 3.27. The second-order valence-corrected chi connectivity index (χ2v) is 7.77. The van der Waals surface area contributed by atoms with Crippen LogP contribution in [-0.2, 0) is 17.8 Å². The molecule has 0 radical (unpaired) electrons. The van der Waals surface area contributed by atoms with Gasteiger partial charge in [0, 0.05) is 38.0 Å². The highest BCUT2D eigenvalue weighted by atomic mass is 16.5. The molecule has 2 aliphatic rings. The molecule has 2 aromatic rings. The fourth-order valence-electron chi connectivity index (χ4n) is 5.01. The van der Waals surface area contributed by atoms with Crippen LogP contribution in [0.5, 0.6) is 0 Å². The van der Waals surface area contributed by atoms with Gasteiger partial charge in [-0.05, 0) is 49.4 Å². The Labute approximate surface area is 150 Å². The number of rotatable bonds is 5. The molecule has 134 valence electrons. The van der Waals surface area contributed by atoms with Crippen LogP contribution in [0.3, 0.4) is 0 Å². The van der Waals surface area contributed by atoms with E-state index < -0.39 is 0 Å². The monoisotopic (exact) mass is 339 g/mol. The Balaban J connectivity index is 1.49. The van der Waals surface area contributed by atoms with Crippen molar-refractivity contribution < 1.29 is 4.74 Å². The molecule has 4 nitrogen and oxygen atoms in total. The number of likely N-dealkylation sites (tertiary alicyclic amines) is 1. The van der Waals surface area contributed by atoms with Crippen molar-refractivity contribution in [1.82, 2.24) is 14.7 Å².